The number of carboxylic acid groups (broad SMARTS) is 1. The highest BCUT2D eigenvalue weighted by molar-refractivity contribution is 7.27. The molecule has 0 spiro atoms. The summed E-state index contributed by atoms with van der Waals surface area (Å²) in [5.41, 5.74) is 0. The second kappa shape index (κ2) is 3.09. The first-order valence-corrected chi connectivity index (χ1v) is 4.96. The first kappa shape index (κ1) is 8.67. The van der Waals surface area contributed by atoms with Gasteiger partial charge in [0, 0.05) is 0 Å². The summed E-state index contributed by atoms with van der Waals surface area (Å²) in [6.07, 6.45) is -1.39. The van der Waals surface area contributed by atoms with Crippen molar-refractivity contribution in [3.8, 4) is 5.75 Å². The Bertz CT molecular complexity index is 465. The molecule has 0 aliphatic carbocycles. The van der Waals surface area contributed by atoms with Crippen molar-refractivity contribution in [3.63, 3.8) is 0 Å². The largest absolute Gasteiger partial charge is 0.511 e. The zero-order valence-electron chi connectivity index (χ0n) is 5.85. The molecule has 0 aliphatic rings. The van der Waals surface area contributed by atoms with E-state index in [1.54, 1.807) is 0 Å². The number of hydrogen-bond acceptors (Lipinski definition) is 6. The molecule has 0 fully saturated rings. The SMILES string of the molecule is O=C(O)Oc1c(Cl)sc2nnsc12. The van der Waals surface area contributed by atoms with Gasteiger partial charge in [0.25, 0.3) is 0 Å². The van der Waals surface area contributed by atoms with E-state index in [0.717, 1.165) is 22.9 Å². The number of fused-ring (bicyclic) bond motifs is 1. The lowest BCUT2D eigenvalue weighted by molar-refractivity contribution is 0.145. The van der Waals surface area contributed by atoms with E-state index >= 15 is 0 Å². The number of carbonyl (C=O) groups is 1. The van der Waals surface area contributed by atoms with Gasteiger partial charge in [-0.25, -0.2) is 4.79 Å². The Morgan fingerprint density at radius 3 is 3.08 bits per heavy atom. The predicted molar refractivity (Wildman–Crippen MR) is 49.0 cm³/mol. The molecule has 0 aromatic carbocycles. The molecule has 2 heterocycles. The normalized spacial score (nSPS) is 10.5. The van der Waals surface area contributed by atoms with Crippen LogP contribution in [0.2, 0.25) is 4.34 Å². The molecule has 0 bridgehead atoms. The summed E-state index contributed by atoms with van der Waals surface area (Å²) in [5.74, 6) is 0.129. The van der Waals surface area contributed by atoms with Crippen LogP contribution >= 0.6 is 34.5 Å². The molecule has 0 radical (unpaired) electrons. The predicted octanol–water partition coefficient (Wildman–Crippen LogP) is 2.46. The monoisotopic (exact) mass is 236 g/mol. The van der Waals surface area contributed by atoms with Gasteiger partial charge in [-0.1, -0.05) is 27.4 Å². The lowest BCUT2D eigenvalue weighted by Gasteiger charge is -1.94. The van der Waals surface area contributed by atoms with Gasteiger partial charge in [0.05, 0.1) is 0 Å². The molecular weight excluding hydrogens is 236 g/mol. The molecule has 0 saturated heterocycles. The third kappa shape index (κ3) is 1.45. The fraction of sp³-hybridized carbons (Fsp3) is 0. The van der Waals surface area contributed by atoms with Crippen LogP contribution in [0, 0.1) is 0 Å². The third-order valence-corrected chi connectivity index (χ3v) is 3.32. The van der Waals surface area contributed by atoms with E-state index in [-0.39, 0.29) is 10.1 Å². The average molecular weight is 237 g/mol. The van der Waals surface area contributed by atoms with Gasteiger partial charge in [-0.15, -0.1) is 5.10 Å². The van der Waals surface area contributed by atoms with Crippen molar-refractivity contribution in [3.05, 3.63) is 4.34 Å². The fourth-order valence-electron chi connectivity index (χ4n) is 0.782. The summed E-state index contributed by atoms with van der Waals surface area (Å²) in [6, 6.07) is 0. The van der Waals surface area contributed by atoms with Gasteiger partial charge >= 0.3 is 6.16 Å². The van der Waals surface area contributed by atoms with E-state index in [9.17, 15) is 4.79 Å². The Kier molecular flexibility index (Phi) is 2.06. The molecule has 0 aliphatic heterocycles. The van der Waals surface area contributed by atoms with E-state index < -0.39 is 6.16 Å². The second-order valence-electron chi connectivity index (χ2n) is 1.98. The van der Waals surface area contributed by atoms with Crippen LogP contribution in [0.4, 0.5) is 4.79 Å². The molecule has 13 heavy (non-hydrogen) atoms. The molecule has 1 N–H and O–H groups in total. The molecule has 5 nitrogen and oxygen atoms in total. The molecule has 2 aromatic rings. The van der Waals surface area contributed by atoms with Crippen molar-refractivity contribution in [2.24, 2.45) is 0 Å². The maximum atomic E-state index is 10.3. The fourth-order valence-corrected chi connectivity index (χ4v) is 2.77. The molecule has 0 saturated carbocycles. The Morgan fingerprint density at radius 2 is 2.38 bits per heavy atom. The minimum Gasteiger partial charge on any atom is -0.449 e. The number of nitrogens with zero attached hydrogens (tertiary/aromatic N) is 2. The topological polar surface area (TPSA) is 72.3 Å². The number of rotatable bonds is 1. The lowest BCUT2D eigenvalue weighted by Crippen LogP contribution is -2.02. The maximum Gasteiger partial charge on any atom is 0.511 e. The van der Waals surface area contributed by atoms with Crippen LogP contribution in [0.3, 0.4) is 0 Å². The highest BCUT2D eigenvalue weighted by atomic mass is 35.5. The van der Waals surface area contributed by atoms with E-state index in [1.807, 2.05) is 0 Å². The van der Waals surface area contributed by atoms with Crippen LogP contribution in [0.25, 0.3) is 9.53 Å². The first-order valence-electron chi connectivity index (χ1n) is 2.99. The minimum absolute atomic E-state index is 0.129. The highest BCUT2D eigenvalue weighted by Crippen LogP contribution is 2.42. The Morgan fingerprint density at radius 1 is 1.62 bits per heavy atom. The number of thiophene rings is 1. The minimum atomic E-state index is -1.39. The Labute approximate surface area is 84.7 Å². The van der Waals surface area contributed by atoms with Gasteiger partial charge in [0.15, 0.2) is 10.6 Å². The molecule has 0 unspecified atom stereocenters. The van der Waals surface area contributed by atoms with Gasteiger partial charge in [0.2, 0.25) is 0 Å². The number of aromatic nitrogens is 2. The van der Waals surface area contributed by atoms with Crippen LogP contribution in [0.5, 0.6) is 5.75 Å². The van der Waals surface area contributed by atoms with Crippen LogP contribution in [0.15, 0.2) is 0 Å². The molecule has 68 valence electrons. The third-order valence-electron chi connectivity index (χ3n) is 1.22. The van der Waals surface area contributed by atoms with Gasteiger partial charge in [-0.2, -0.15) is 0 Å². The molecule has 0 atom stereocenters. The number of hydrogen-bond donors (Lipinski definition) is 1. The maximum absolute atomic E-state index is 10.3. The standard InChI is InChI=1S/C5HClN2O3S2/c6-3-1(11-5(9)10)2-4(12-3)7-8-13-2/h(H,9,10). The smallest absolute Gasteiger partial charge is 0.449 e. The van der Waals surface area contributed by atoms with Crippen LogP contribution in [-0.2, 0) is 0 Å². The Hall–Kier alpha value is -0.920. The van der Waals surface area contributed by atoms with E-state index in [4.69, 9.17) is 16.7 Å². The summed E-state index contributed by atoms with van der Waals surface area (Å²) in [4.78, 5) is 10.9. The molecule has 8 heteroatoms. The van der Waals surface area contributed by atoms with E-state index in [1.165, 1.54) is 0 Å². The zero-order valence-corrected chi connectivity index (χ0v) is 8.24. The molecule has 0 amide bonds. The van der Waals surface area contributed by atoms with Crippen LogP contribution in [0.1, 0.15) is 0 Å². The summed E-state index contributed by atoms with van der Waals surface area (Å²) in [7, 11) is 0. The molecular formula is C5HClN2O3S2. The number of halogens is 1. The van der Waals surface area contributed by atoms with Crippen LogP contribution < -0.4 is 4.74 Å². The van der Waals surface area contributed by atoms with Crippen molar-refractivity contribution in [1.82, 2.24) is 9.59 Å². The van der Waals surface area contributed by atoms with Gasteiger partial charge in [-0.05, 0) is 11.5 Å². The van der Waals surface area contributed by atoms with Crippen molar-refractivity contribution in [1.29, 1.82) is 0 Å². The Balaban J connectivity index is 2.57. The zero-order chi connectivity index (χ0) is 9.42. The summed E-state index contributed by atoms with van der Waals surface area (Å²) < 4.78 is 8.97. The van der Waals surface area contributed by atoms with Crippen molar-refractivity contribution >= 4 is 50.2 Å². The van der Waals surface area contributed by atoms with Crippen molar-refractivity contribution < 1.29 is 14.6 Å². The van der Waals surface area contributed by atoms with E-state index in [0.29, 0.717) is 9.53 Å². The van der Waals surface area contributed by atoms with Crippen molar-refractivity contribution in [2.75, 3.05) is 0 Å². The van der Waals surface area contributed by atoms with Crippen molar-refractivity contribution in [2.45, 2.75) is 0 Å². The van der Waals surface area contributed by atoms with Gasteiger partial charge < -0.3 is 9.84 Å². The lowest BCUT2D eigenvalue weighted by atomic mass is 10.6. The van der Waals surface area contributed by atoms with Crippen LogP contribution in [-0.4, -0.2) is 20.8 Å². The van der Waals surface area contributed by atoms with Gasteiger partial charge in [-0.3, -0.25) is 0 Å². The van der Waals surface area contributed by atoms with E-state index in [2.05, 4.69) is 14.3 Å². The highest BCUT2D eigenvalue weighted by Gasteiger charge is 2.17. The summed E-state index contributed by atoms with van der Waals surface area (Å²) in [5, 5.41) is 12.1. The number of ether oxygens (including phenoxy) is 1. The average Bonchev–Trinajstić information content (AvgIpc) is 2.55. The summed E-state index contributed by atoms with van der Waals surface area (Å²) in [6.45, 7) is 0. The second-order valence-corrected chi connectivity index (χ2v) is 4.34. The molecule has 2 rings (SSSR count). The first-order chi connectivity index (χ1) is 6.18. The van der Waals surface area contributed by atoms with Gasteiger partial charge in [0.1, 0.15) is 9.04 Å². The quantitative estimate of drug-likeness (QED) is 0.770. The molecule has 2 aromatic heterocycles. The summed E-state index contributed by atoms with van der Waals surface area (Å²) >= 11 is 7.92.